The molecule has 6 heteroatoms. The highest BCUT2D eigenvalue weighted by atomic mass is 15.6. The van der Waals surface area contributed by atoms with Gasteiger partial charge in [-0.05, 0) is 19.9 Å². The Kier molecular flexibility index (Phi) is 5.78. The fraction of sp³-hybridized carbons (Fsp3) is 1.00. The van der Waals surface area contributed by atoms with Crippen molar-refractivity contribution in [3.8, 4) is 0 Å². The lowest BCUT2D eigenvalue weighted by atomic mass is 10.2. The van der Waals surface area contributed by atoms with E-state index in [0.29, 0.717) is 0 Å². The zero-order chi connectivity index (χ0) is 13.0. The number of unbranched alkanes of at least 4 members (excludes halogenated alkanes) is 1. The molecule has 0 spiro atoms. The second kappa shape index (κ2) is 6.63. The van der Waals surface area contributed by atoms with Gasteiger partial charge >= 0.3 is 0 Å². The predicted molar refractivity (Wildman–Crippen MR) is 70.3 cm³/mol. The van der Waals surface area contributed by atoms with E-state index in [9.17, 15) is 0 Å². The summed E-state index contributed by atoms with van der Waals surface area (Å²) in [6.07, 6.45) is 2.70. The van der Waals surface area contributed by atoms with Crippen molar-refractivity contribution in [3.05, 3.63) is 0 Å². The highest BCUT2D eigenvalue weighted by molar-refractivity contribution is 4.82. The van der Waals surface area contributed by atoms with Gasteiger partial charge in [0.05, 0.1) is 0 Å². The molecule has 0 aliphatic carbocycles. The van der Waals surface area contributed by atoms with Crippen molar-refractivity contribution in [1.29, 1.82) is 0 Å². The molecule has 1 heterocycles. The predicted octanol–water partition coefficient (Wildman–Crippen LogP) is -0.527. The zero-order valence-corrected chi connectivity index (χ0v) is 11.3. The Hall–Kier alpha value is -0.240. The Balaban J connectivity index is 2.75. The van der Waals surface area contributed by atoms with E-state index in [1.165, 1.54) is 0 Å². The minimum absolute atomic E-state index is 0.178. The van der Waals surface area contributed by atoms with Gasteiger partial charge in [-0.1, -0.05) is 20.3 Å². The molecule has 6 nitrogen and oxygen atoms in total. The van der Waals surface area contributed by atoms with Gasteiger partial charge in [0.1, 0.15) is 18.9 Å². The largest absolute Gasteiger partial charge is 0.303 e. The molecule has 0 aromatic rings. The molecule has 0 aromatic heterocycles. The summed E-state index contributed by atoms with van der Waals surface area (Å²) in [6, 6.07) is 0. The fourth-order valence-corrected chi connectivity index (χ4v) is 2.26. The molecule has 0 amide bonds. The number of nitrogens with zero attached hydrogens (tertiary/aromatic N) is 3. The maximum atomic E-state index is 6.26. The van der Waals surface area contributed by atoms with Crippen molar-refractivity contribution in [2.75, 3.05) is 20.1 Å². The van der Waals surface area contributed by atoms with Crippen molar-refractivity contribution >= 4 is 0 Å². The molecule has 0 saturated carbocycles. The second-order valence-corrected chi connectivity index (χ2v) is 4.74. The molecule has 6 N–H and O–H groups in total. The number of hydrogen-bond donors (Lipinski definition) is 3. The first-order valence-electron chi connectivity index (χ1n) is 6.54. The molecule has 0 bridgehead atoms. The molecule has 102 valence electrons. The van der Waals surface area contributed by atoms with Crippen LogP contribution in [0.4, 0.5) is 0 Å². The SMILES string of the molecule is CCCCN1C(N)N(C)C(N)N(CCC)C1N. The summed E-state index contributed by atoms with van der Waals surface area (Å²) in [4.78, 5) is 6.18. The average molecular weight is 244 g/mol. The van der Waals surface area contributed by atoms with Crippen LogP contribution in [0.25, 0.3) is 0 Å². The summed E-state index contributed by atoms with van der Waals surface area (Å²) in [5, 5.41) is 0. The van der Waals surface area contributed by atoms with Crippen molar-refractivity contribution in [1.82, 2.24) is 14.7 Å². The maximum absolute atomic E-state index is 6.26. The third-order valence-electron chi connectivity index (χ3n) is 3.45. The van der Waals surface area contributed by atoms with Crippen LogP contribution in [0.3, 0.4) is 0 Å². The van der Waals surface area contributed by atoms with Crippen LogP contribution in [0.5, 0.6) is 0 Å². The molecule has 17 heavy (non-hydrogen) atoms. The molecule has 3 unspecified atom stereocenters. The fourth-order valence-electron chi connectivity index (χ4n) is 2.26. The Labute approximate surface area is 105 Å². The van der Waals surface area contributed by atoms with Gasteiger partial charge in [-0.2, -0.15) is 0 Å². The van der Waals surface area contributed by atoms with Crippen LogP contribution in [-0.4, -0.2) is 53.7 Å². The first-order valence-corrected chi connectivity index (χ1v) is 6.54. The first kappa shape index (κ1) is 14.8. The number of rotatable bonds is 5. The third-order valence-corrected chi connectivity index (χ3v) is 3.45. The highest BCUT2D eigenvalue weighted by Gasteiger charge is 2.38. The van der Waals surface area contributed by atoms with E-state index in [4.69, 9.17) is 17.2 Å². The Morgan fingerprint density at radius 1 is 0.824 bits per heavy atom. The lowest BCUT2D eigenvalue weighted by Gasteiger charge is -2.53. The molecule has 1 fully saturated rings. The van der Waals surface area contributed by atoms with E-state index in [1.807, 2.05) is 11.9 Å². The van der Waals surface area contributed by atoms with Gasteiger partial charge in [0.2, 0.25) is 0 Å². The van der Waals surface area contributed by atoms with Crippen LogP contribution in [0, 0.1) is 0 Å². The van der Waals surface area contributed by atoms with Crippen LogP contribution in [0.1, 0.15) is 33.1 Å². The molecule has 1 aliphatic heterocycles. The van der Waals surface area contributed by atoms with Gasteiger partial charge in [-0.25, -0.2) is 9.80 Å². The smallest absolute Gasteiger partial charge is 0.119 e. The van der Waals surface area contributed by atoms with Gasteiger partial charge in [0.25, 0.3) is 0 Å². The quantitative estimate of drug-likeness (QED) is 0.603. The topological polar surface area (TPSA) is 87.8 Å². The van der Waals surface area contributed by atoms with Crippen LogP contribution in [0.15, 0.2) is 0 Å². The summed E-state index contributed by atoms with van der Waals surface area (Å²) >= 11 is 0. The summed E-state index contributed by atoms with van der Waals surface area (Å²) in [6.45, 7) is 6.10. The van der Waals surface area contributed by atoms with E-state index in [-0.39, 0.29) is 18.9 Å². The Morgan fingerprint density at radius 3 is 1.82 bits per heavy atom. The zero-order valence-electron chi connectivity index (χ0n) is 11.3. The Morgan fingerprint density at radius 2 is 1.35 bits per heavy atom. The van der Waals surface area contributed by atoms with E-state index >= 15 is 0 Å². The molecular weight excluding hydrogens is 216 g/mol. The lowest BCUT2D eigenvalue weighted by molar-refractivity contribution is -0.159. The van der Waals surface area contributed by atoms with E-state index in [2.05, 4.69) is 23.6 Å². The number of hydrogen-bond acceptors (Lipinski definition) is 6. The average Bonchev–Trinajstić information content (AvgIpc) is 2.32. The molecule has 0 radical (unpaired) electrons. The Bertz CT molecular complexity index is 224. The molecule has 3 atom stereocenters. The van der Waals surface area contributed by atoms with Gasteiger partial charge in [0.15, 0.2) is 0 Å². The van der Waals surface area contributed by atoms with Crippen molar-refractivity contribution < 1.29 is 0 Å². The lowest BCUT2D eigenvalue weighted by Crippen LogP contribution is -2.77. The molecule has 0 aromatic carbocycles. The molecular formula is C11H28N6. The molecule has 1 rings (SSSR count). The van der Waals surface area contributed by atoms with Gasteiger partial charge in [0, 0.05) is 13.1 Å². The maximum Gasteiger partial charge on any atom is 0.119 e. The summed E-state index contributed by atoms with van der Waals surface area (Å²) in [5.74, 6) is 0. The van der Waals surface area contributed by atoms with Crippen molar-refractivity contribution in [3.63, 3.8) is 0 Å². The van der Waals surface area contributed by atoms with Crippen molar-refractivity contribution in [2.45, 2.75) is 52.0 Å². The van der Waals surface area contributed by atoms with Gasteiger partial charge in [-0.15, -0.1) is 0 Å². The van der Waals surface area contributed by atoms with Crippen molar-refractivity contribution in [2.24, 2.45) is 17.2 Å². The first-order chi connectivity index (χ1) is 8.04. The van der Waals surface area contributed by atoms with Gasteiger partial charge < -0.3 is 17.2 Å². The number of nitrogens with two attached hydrogens (primary N) is 3. The van der Waals surface area contributed by atoms with Gasteiger partial charge in [-0.3, -0.25) is 4.90 Å². The minimum atomic E-state index is -0.196. The monoisotopic (exact) mass is 244 g/mol. The molecule has 1 aliphatic rings. The highest BCUT2D eigenvalue weighted by Crippen LogP contribution is 2.18. The third kappa shape index (κ3) is 3.15. The van der Waals surface area contributed by atoms with Crippen LogP contribution in [0.2, 0.25) is 0 Å². The standard InChI is InChI=1S/C11H28N6/c1-4-6-8-17-10(13)15(3)9(12)16(7-5-2)11(17)14/h9-11H,4-8,12-14H2,1-3H3. The summed E-state index contributed by atoms with van der Waals surface area (Å²) in [7, 11) is 1.95. The van der Waals surface area contributed by atoms with E-state index < -0.39 is 0 Å². The normalized spacial score (nSPS) is 33.2. The summed E-state index contributed by atoms with van der Waals surface area (Å²) < 4.78 is 0. The minimum Gasteiger partial charge on any atom is -0.303 e. The summed E-state index contributed by atoms with van der Waals surface area (Å²) in [5.41, 5.74) is 18.6. The van der Waals surface area contributed by atoms with Crippen LogP contribution < -0.4 is 17.2 Å². The van der Waals surface area contributed by atoms with Crippen LogP contribution >= 0.6 is 0 Å². The van der Waals surface area contributed by atoms with E-state index in [1.54, 1.807) is 0 Å². The van der Waals surface area contributed by atoms with E-state index in [0.717, 1.165) is 32.4 Å². The molecule has 1 saturated heterocycles. The second-order valence-electron chi connectivity index (χ2n) is 4.74. The van der Waals surface area contributed by atoms with Crippen LogP contribution in [-0.2, 0) is 0 Å².